The third-order valence-electron chi connectivity index (χ3n) is 4.14. The highest BCUT2D eigenvalue weighted by Crippen LogP contribution is 2.31. The highest BCUT2D eigenvalue weighted by atomic mass is 35.5. The molecule has 29 heavy (non-hydrogen) atoms. The third-order valence-corrected chi connectivity index (χ3v) is 4.44. The summed E-state index contributed by atoms with van der Waals surface area (Å²) in [5, 5.41) is 8.77. The fraction of sp³-hybridized carbons (Fsp3) is 0.174. The largest absolute Gasteiger partial charge is 0.494 e. The molecule has 3 aromatic rings. The zero-order chi connectivity index (χ0) is 20.8. The monoisotopic (exact) mass is 408 g/mol. The van der Waals surface area contributed by atoms with Gasteiger partial charge in [-0.15, -0.1) is 0 Å². The van der Waals surface area contributed by atoms with Crippen LogP contribution in [0.4, 0.5) is 11.4 Å². The van der Waals surface area contributed by atoms with Crippen molar-refractivity contribution in [2.45, 2.75) is 20.8 Å². The molecule has 3 aromatic carbocycles. The van der Waals surface area contributed by atoms with Crippen molar-refractivity contribution in [2.75, 3.05) is 6.61 Å². The van der Waals surface area contributed by atoms with Gasteiger partial charge in [-0.25, -0.2) is 4.79 Å². The molecule has 5 nitrogen and oxygen atoms in total. The van der Waals surface area contributed by atoms with Crippen LogP contribution in [0.25, 0.3) is 0 Å². The van der Waals surface area contributed by atoms with Gasteiger partial charge in [0.05, 0.1) is 28.6 Å². The average Bonchev–Trinajstić information content (AvgIpc) is 2.70. The van der Waals surface area contributed by atoms with Crippen molar-refractivity contribution in [3.63, 3.8) is 0 Å². The number of ether oxygens (including phenoxy) is 2. The summed E-state index contributed by atoms with van der Waals surface area (Å²) >= 11 is 6.26. The van der Waals surface area contributed by atoms with Crippen LogP contribution in [0.3, 0.4) is 0 Å². The van der Waals surface area contributed by atoms with Gasteiger partial charge in [-0.05, 0) is 74.9 Å². The van der Waals surface area contributed by atoms with E-state index < -0.39 is 5.97 Å². The van der Waals surface area contributed by atoms with Crippen molar-refractivity contribution in [1.82, 2.24) is 0 Å². The summed E-state index contributed by atoms with van der Waals surface area (Å²) in [6.07, 6.45) is 0. The lowest BCUT2D eigenvalue weighted by Gasteiger charge is -2.08. The van der Waals surface area contributed by atoms with Gasteiger partial charge in [-0.2, -0.15) is 10.2 Å². The number of carbonyl (C=O) groups excluding carboxylic acids is 1. The van der Waals surface area contributed by atoms with Crippen LogP contribution in [0.5, 0.6) is 11.5 Å². The van der Waals surface area contributed by atoms with Gasteiger partial charge in [0.2, 0.25) is 0 Å². The van der Waals surface area contributed by atoms with E-state index in [1.165, 1.54) is 5.56 Å². The van der Waals surface area contributed by atoms with Crippen LogP contribution >= 0.6 is 11.6 Å². The minimum Gasteiger partial charge on any atom is -0.494 e. The first-order valence-corrected chi connectivity index (χ1v) is 9.57. The van der Waals surface area contributed by atoms with Crippen LogP contribution in [0, 0.1) is 13.8 Å². The number of hydrogen-bond donors (Lipinski definition) is 0. The molecule has 0 atom stereocenters. The van der Waals surface area contributed by atoms with Crippen molar-refractivity contribution in [2.24, 2.45) is 10.2 Å². The van der Waals surface area contributed by atoms with E-state index in [9.17, 15) is 4.79 Å². The number of carbonyl (C=O) groups is 1. The maximum Gasteiger partial charge on any atom is 0.343 e. The Hall–Kier alpha value is -3.18. The van der Waals surface area contributed by atoms with E-state index in [1.54, 1.807) is 42.5 Å². The maximum absolute atomic E-state index is 12.3. The number of rotatable bonds is 6. The number of halogens is 1. The Morgan fingerprint density at radius 3 is 2.38 bits per heavy atom. The molecule has 0 aliphatic carbocycles. The Balaban J connectivity index is 1.70. The second-order valence-electron chi connectivity index (χ2n) is 6.45. The van der Waals surface area contributed by atoms with Gasteiger partial charge >= 0.3 is 5.97 Å². The van der Waals surface area contributed by atoms with Crippen LogP contribution in [-0.4, -0.2) is 12.6 Å². The number of benzene rings is 3. The van der Waals surface area contributed by atoms with E-state index >= 15 is 0 Å². The second kappa shape index (κ2) is 9.34. The highest BCUT2D eigenvalue weighted by Gasteiger charge is 2.12. The van der Waals surface area contributed by atoms with Crippen LogP contribution in [0.1, 0.15) is 28.4 Å². The van der Waals surface area contributed by atoms with E-state index in [4.69, 9.17) is 21.1 Å². The Bertz CT molecular complexity index is 1050. The van der Waals surface area contributed by atoms with Gasteiger partial charge in [0.15, 0.2) is 0 Å². The summed E-state index contributed by atoms with van der Waals surface area (Å²) in [6.45, 7) is 6.47. The van der Waals surface area contributed by atoms with Crippen molar-refractivity contribution in [3.8, 4) is 11.5 Å². The first-order chi connectivity index (χ1) is 14.0. The highest BCUT2D eigenvalue weighted by molar-refractivity contribution is 6.32. The Labute approximate surface area is 175 Å². The molecule has 0 saturated heterocycles. The second-order valence-corrected chi connectivity index (χ2v) is 6.86. The molecule has 0 spiro atoms. The lowest BCUT2D eigenvalue weighted by Crippen LogP contribution is -2.08. The molecule has 0 amide bonds. The third kappa shape index (κ3) is 5.42. The summed E-state index contributed by atoms with van der Waals surface area (Å²) in [5.74, 6) is 0.455. The molecule has 6 heteroatoms. The molecule has 0 radical (unpaired) electrons. The molecule has 0 aliphatic rings. The lowest BCUT2D eigenvalue weighted by atomic mass is 10.1. The minimum atomic E-state index is -0.500. The Morgan fingerprint density at radius 2 is 1.72 bits per heavy atom. The average molecular weight is 409 g/mol. The Kier molecular flexibility index (Phi) is 6.62. The molecular weight excluding hydrogens is 388 g/mol. The van der Waals surface area contributed by atoms with Gasteiger partial charge < -0.3 is 9.47 Å². The number of hydrogen-bond acceptors (Lipinski definition) is 5. The van der Waals surface area contributed by atoms with Gasteiger partial charge in [-0.1, -0.05) is 29.3 Å². The summed E-state index contributed by atoms with van der Waals surface area (Å²) in [7, 11) is 0. The lowest BCUT2D eigenvalue weighted by molar-refractivity contribution is 0.0735. The predicted octanol–water partition coefficient (Wildman–Crippen LogP) is 6.99. The van der Waals surface area contributed by atoms with Gasteiger partial charge in [-0.3, -0.25) is 0 Å². The summed E-state index contributed by atoms with van der Waals surface area (Å²) in [5.41, 5.74) is 3.97. The molecule has 3 rings (SSSR count). The molecule has 0 bridgehead atoms. The number of nitrogens with zero attached hydrogens (tertiary/aromatic N) is 2. The molecule has 0 unspecified atom stereocenters. The van der Waals surface area contributed by atoms with Crippen LogP contribution in [0.2, 0.25) is 5.02 Å². The van der Waals surface area contributed by atoms with E-state index in [1.807, 2.05) is 39.0 Å². The topological polar surface area (TPSA) is 60.2 Å². The van der Waals surface area contributed by atoms with E-state index in [0.717, 1.165) is 11.3 Å². The molecule has 0 heterocycles. The molecule has 0 fully saturated rings. The quantitative estimate of drug-likeness (QED) is 0.251. The zero-order valence-corrected chi connectivity index (χ0v) is 17.2. The van der Waals surface area contributed by atoms with Crippen molar-refractivity contribution in [1.29, 1.82) is 0 Å². The van der Waals surface area contributed by atoms with E-state index in [0.29, 0.717) is 23.6 Å². The normalized spacial score (nSPS) is 10.9. The first-order valence-electron chi connectivity index (χ1n) is 9.20. The van der Waals surface area contributed by atoms with Gasteiger partial charge in [0, 0.05) is 0 Å². The van der Waals surface area contributed by atoms with Crippen molar-refractivity contribution in [3.05, 3.63) is 82.4 Å². The molecular formula is C23H21ClN2O3. The fourth-order valence-corrected chi connectivity index (χ4v) is 2.89. The van der Waals surface area contributed by atoms with Gasteiger partial charge in [0.1, 0.15) is 11.5 Å². The smallest absolute Gasteiger partial charge is 0.343 e. The van der Waals surface area contributed by atoms with Crippen LogP contribution < -0.4 is 9.47 Å². The molecule has 0 N–H and O–H groups in total. The number of esters is 1. The molecule has 148 valence electrons. The fourth-order valence-electron chi connectivity index (χ4n) is 2.68. The summed E-state index contributed by atoms with van der Waals surface area (Å²) in [4.78, 5) is 12.3. The number of azo groups is 1. The first kappa shape index (κ1) is 20.6. The predicted molar refractivity (Wildman–Crippen MR) is 114 cm³/mol. The SMILES string of the molecule is CCOc1ccc(C(=O)Oc2ccc(N=Nc3ccc(C)cc3C)cc2Cl)cc1. The number of aryl methyl sites for hydroxylation is 2. The molecule has 0 saturated carbocycles. The van der Waals surface area contributed by atoms with Crippen molar-refractivity contribution >= 4 is 28.9 Å². The van der Waals surface area contributed by atoms with Crippen molar-refractivity contribution < 1.29 is 14.3 Å². The molecule has 0 aliphatic heterocycles. The van der Waals surface area contributed by atoms with Crippen LogP contribution in [-0.2, 0) is 0 Å². The summed E-state index contributed by atoms with van der Waals surface area (Å²) < 4.78 is 10.8. The van der Waals surface area contributed by atoms with Crippen LogP contribution in [0.15, 0.2) is 70.9 Å². The minimum absolute atomic E-state index is 0.260. The standard InChI is InChI=1S/C23H21ClN2O3/c1-4-28-19-9-6-17(7-10-19)23(27)29-22-12-8-18(14-20(22)24)25-26-21-11-5-15(2)13-16(21)3/h5-14H,4H2,1-3H3. The molecule has 0 aromatic heterocycles. The van der Waals surface area contributed by atoms with Gasteiger partial charge in [0.25, 0.3) is 0 Å². The maximum atomic E-state index is 12.3. The van der Waals surface area contributed by atoms with E-state index in [-0.39, 0.29) is 10.8 Å². The zero-order valence-electron chi connectivity index (χ0n) is 16.5. The summed E-state index contributed by atoms with van der Waals surface area (Å²) in [6, 6.07) is 17.6. The Morgan fingerprint density at radius 1 is 0.966 bits per heavy atom. The van der Waals surface area contributed by atoms with E-state index in [2.05, 4.69) is 10.2 Å².